The zero-order valence-electron chi connectivity index (χ0n) is 8.51. The summed E-state index contributed by atoms with van der Waals surface area (Å²) in [5.41, 5.74) is 1.41. The van der Waals surface area contributed by atoms with Crippen LogP contribution in [0.3, 0.4) is 0 Å². The molecule has 0 saturated heterocycles. The molecular formula is C10H13NO3. The third-order valence-electron chi connectivity index (χ3n) is 2.08. The predicted molar refractivity (Wildman–Crippen MR) is 52.5 cm³/mol. The third kappa shape index (κ3) is 1.84. The van der Waals surface area contributed by atoms with E-state index >= 15 is 0 Å². The van der Waals surface area contributed by atoms with Gasteiger partial charge in [-0.2, -0.15) is 0 Å². The number of methoxy groups -OCH3 is 1. The molecule has 0 aliphatic heterocycles. The second-order valence-corrected chi connectivity index (χ2v) is 3.03. The van der Waals surface area contributed by atoms with Crippen molar-refractivity contribution in [2.45, 2.75) is 20.3 Å². The van der Waals surface area contributed by atoms with Gasteiger partial charge < -0.3 is 9.72 Å². The van der Waals surface area contributed by atoms with Gasteiger partial charge in [-0.25, -0.2) is 4.79 Å². The number of esters is 1. The van der Waals surface area contributed by atoms with Gasteiger partial charge in [-0.15, -0.1) is 0 Å². The van der Waals surface area contributed by atoms with Gasteiger partial charge in [0.05, 0.1) is 7.11 Å². The van der Waals surface area contributed by atoms with E-state index in [1.807, 2.05) is 6.92 Å². The van der Waals surface area contributed by atoms with Crippen LogP contribution in [0.5, 0.6) is 0 Å². The van der Waals surface area contributed by atoms with Crippen LogP contribution in [-0.2, 0) is 11.2 Å². The molecule has 0 atom stereocenters. The number of carbonyl (C=O) groups is 1. The summed E-state index contributed by atoms with van der Waals surface area (Å²) in [5.74, 6) is -0.501. The van der Waals surface area contributed by atoms with E-state index in [-0.39, 0.29) is 11.3 Å². The van der Waals surface area contributed by atoms with Crippen molar-refractivity contribution in [2.75, 3.05) is 7.11 Å². The number of hydrogen-bond donors (Lipinski definition) is 1. The highest BCUT2D eigenvalue weighted by Gasteiger charge is 2.12. The highest BCUT2D eigenvalue weighted by Crippen LogP contribution is 2.07. The van der Waals surface area contributed by atoms with Crippen LogP contribution >= 0.6 is 0 Å². The summed E-state index contributed by atoms with van der Waals surface area (Å²) in [4.78, 5) is 25.0. The van der Waals surface area contributed by atoms with Crippen LogP contribution in [0, 0.1) is 6.92 Å². The van der Waals surface area contributed by atoms with E-state index in [0.29, 0.717) is 12.0 Å². The summed E-state index contributed by atoms with van der Waals surface area (Å²) in [6, 6.07) is 1.71. The molecule has 0 radical (unpaired) electrons. The highest BCUT2D eigenvalue weighted by atomic mass is 16.5. The molecule has 0 aromatic carbocycles. The van der Waals surface area contributed by atoms with Crippen molar-refractivity contribution in [3.8, 4) is 0 Å². The maximum absolute atomic E-state index is 11.3. The maximum Gasteiger partial charge on any atom is 0.354 e. The Morgan fingerprint density at radius 1 is 1.57 bits per heavy atom. The lowest BCUT2D eigenvalue weighted by atomic mass is 10.1. The van der Waals surface area contributed by atoms with Crippen LogP contribution in [-0.4, -0.2) is 18.1 Å². The molecule has 4 heteroatoms. The molecule has 0 unspecified atom stereocenters. The van der Waals surface area contributed by atoms with Crippen molar-refractivity contribution in [1.82, 2.24) is 4.98 Å². The minimum absolute atomic E-state index is 0.248. The topological polar surface area (TPSA) is 59.2 Å². The van der Waals surface area contributed by atoms with Crippen LogP contribution in [0.1, 0.15) is 28.5 Å². The first-order valence-corrected chi connectivity index (χ1v) is 4.41. The van der Waals surface area contributed by atoms with Crippen molar-refractivity contribution >= 4 is 5.97 Å². The second-order valence-electron chi connectivity index (χ2n) is 3.03. The summed E-state index contributed by atoms with van der Waals surface area (Å²) >= 11 is 0. The molecule has 0 fully saturated rings. The largest absolute Gasteiger partial charge is 0.464 e. The summed E-state index contributed by atoms with van der Waals surface area (Å²) in [5, 5.41) is 0. The van der Waals surface area contributed by atoms with Gasteiger partial charge in [-0.1, -0.05) is 6.92 Å². The van der Waals surface area contributed by atoms with Crippen LogP contribution in [0.2, 0.25) is 0 Å². The summed E-state index contributed by atoms with van der Waals surface area (Å²) < 4.78 is 4.56. The molecule has 0 bridgehead atoms. The van der Waals surface area contributed by atoms with Crippen LogP contribution in [0.25, 0.3) is 0 Å². The molecule has 1 rings (SSSR count). The molecule has 14 heavy (non-hydrogen) atoms. The Balaban J connectivity index is 3.34. The van der Waals surface area contributed by atoms with Gasteiger partial charge in [0.25, 0.3) is 5.56 Å². The van der Waals surface area contributed by atoms with E-state index in [0.717, 1.165) is 5.56 Å². The fourth-order valence-corrected chi connectivity index (χ4v) is 1.25. The SMILES string of the molecule is CCc1cc(C)c(=O)[nH]c1C(=O)OC. The molecule has 0 spiro atoms. The number of hydrogen-bond acceptors (Lipinski definition) is 3. The predicted octanol–water partition coefficient (Wildman–Crippen LogP) is 1.03. The first-order chi connectivity index (χ1) is 6.60. The van der Waals surface area contributed by atoms with E-state index in [9.17, 15) is 9.59 Å². The number of nitrogens with one attached hydrogen (secondary N) is 1. The fourth-order valence-electron chi connectivity index (χ4n) is 1.25. The molecule has 1 heterocycles. The first-order valence-electron chi connectivity index (χ1n) is 4.41. The summed E-state index contributed by atoms with van der Waals surface area (Å²) in [7, 11) is 1.29. The van der Waals surface area contributed by atoms with E-state index < -0.39 is 5.97 Å². The number of H-pyrrole nitrogens is 1. The highest BCUT2D eigenvalue weighted by molar-refractivity contribution is 5.88. The van der Waals surface area contributed by atoms with Gasteiger partial charge in [0.1, 0.15) is 5.69 Å². The monoisotopic (exact) mass is 195 g/mol. The molecular weight excluding hydrogens is 182 g/mol. The number of aromatic nitrogens is 1. The van der Waals surface area contributed by atoms with Gasteiger partial charge >= 0.3 is 5.97 Å². The number of pyridine rings is 1. The molecule has 1 aromatic rings. The minimum atomic E-state index is -0.501. The average molecular weight is 195 g/mol. The average Bonchev–Trinajstić information content (AvgIpc) is 2.20. The Kier molecular flexibility index (Phi) is 3.06. The molecule has 0 aliphatic rings. The number of carbonyl (C=O) groups excluding carboxylic acids is 1. The minimum Gasteiger partial charge on any atom is -0.464 e. The van der Waals surface area contributed by atoms with Gasteiger partial charge in [0, 0.05) is 5.56 Å². The molecule has 1 aromatic heterocycles. The van der Waals surface area contributed by atoms with E-state index in [1.165, 1.54) is 7.11 Å². The molecule has 4 nitrogen and oxygen atoms in total. The van der Waals surface area contributed by atoms with Crippen molar-refractivity contribution in [3.63, 3.8) is 0 Å². The normalized spacial score (nSPS) is 9.93. The molecule has 0 amide bonds. The Morgan fingerprint density at radius 3 is 2.71 bits per heavy atom. The van der Waals surface area contributed by atoms with E-state index in [2.05, 4.69) is 9.72 Å². The fraction of sp³-hybridized carbons (Fsp3) is 0.400. The third-order valence-corrected chi connectivity index (χ3v) is 2.08. The number of rotatable bonds is 2. The summed E-state index contributed by atoms with van der Waals surface area (Å²) in [6.45, 7) is 3.62. The lowest BCUT2D eigenvalue weighted by molar-refractivity contribution is 0.0592. The number of aromatic amines is 1. The van der Waals surface area contributed by atoms with Crippen molar-refractivity contribution < 1.29 is 9.53 Å². The zero-order valence-corrected chi connectivity index (χ0v) is 8.51. The summed E-state index contributed by atoms with van der Waals surface area (Å²) in [6.07, 6.45) is 0.683. The Labute approximate surface area is 81.9 Å². The molecule has 76 valence electrons. The molecule has 1 N–H and O–H groups in total. The quantitative estimate of drug-likeness (QED) is 0.717. The lowest BCUT2D eigenvalue weighted by Gasteiger charge is -2.05. The van der Waals surface area contributed by atoms with Gasteiger partial charge in [0.2, 0.25) is 0 Å². The van der Waals surface area contributed by atoms with E-state index in [1.54, 1.807) is 13.0 Å². The van der Waals surface area contributed by atoms with Crippen molar-refractivity contribution in [2.24, 2.45) is 0 Å². The van der Waals surface area contributed by atoms with Gasteiger partial charge in [0.15, 0.2) is 0 Å². The zero-order chi connectivity index (χ0) is 10.7. The Morgan fingerprint density at radius 2 is 2.21 bits per heavy atom. The van der Waals surface area contributed by atoms with Crippen molar-refractivity contribution in [3.05, 3.63) is 33.2 Å². The number of aryl methyl sites for hydroxylation is 2. The number of ether oxygens (including phenoxy) is 1. The lowest BCUT2D eigenvalue weighted by Crippen LogP contribution is -2.18. The second kappa shape index (κ2) is 4.09. The van der Waals surface area contributed by atoms with Crippen LogP contribution in [0.15, 0.2) is 10.9 Å². The smallest absolute Gasteiger partial charge is 0.354 e. The Bertz CT molecular complexity index is 406. The van der Waals surface area contributed by atoms with Gasteiger partial charge in [-0.3, -0.25) is 4.79 Å². The Hall–Kier alpha value is -1.58. The molecule has 0 aliphatic carbocycles. The standard InChI is InChI=1S/C10H13NO3/c1-4-7-5-6(2)9(12)11-8(7)10(13)14-3/h5H,4H2,1-3H3,(H,11,12). The maximum atomic E-state index is 11.3. The van der Waals surface area contributed by atoms with Gasteiger partial charge in [-0.05, 0) is 25.0 Å². The van der Waals surface area contributed by atoms with E-state index in [4.69, 9.17) is 0 Å². The van der Waals surface area contributed by atoms with Crippen LogP contribution < -0.4 is 5.56 Å². The first kappa shape index (κ1) is 10.5. The van der Waals surface area contributed by atoms with Crippen LogP contribution in [0.4, 0.5) is 0 Å². The molecule has 0 saturated carbocycles. The van der Waals surface area contributed by atoms with Crippen molar-refractivity contribution in [1.29, 1.82) is 0 Å².